The molecule has 0 radical (unpaired) electrons. The summed E-state index contributed by atoms with van der Waals surface area (Å²) in [6.45, 7) is 0.410. The molecule has 0 aliphatic carbocycles. The molecule has 0 bridgehead atoms. The first-order valence-corrected chi connectivity index (χ1v) is 5.53. The molecule has 2 rings (SSSR count). The first kappa shape index (κ1) is 11.7. The number of carboxylic acids is 1. The number of hydrogen-bond donors (Lipinski definition) is 1. The van der Waals surface area contributed by atoms with Gasteiger partial charge < -0.3 is 9.67 Å². The van der Waals surface area contributed by atoms with Gasteiger partial charge in [0.25, 0.3) is 0 Å². The summed E-state index contributed by atoms with van der Waals surface area (Å²) in [7, 11) is 0. The Bertz CT molecular complexity index is 520. The Labute approximate surface area is 103 Å². The number of aromatic nitrogens is 2. The van der Waals surface area contributed by atoms with E-state index in [1.165, 1.54) is 0 Å². The summed E-state index contributed by atoms with van der Waals surface area (Å²) in [5, 5.41) is 9.32. The van der Waals surface area contributed by atoms with Crippen molar-refractivity contribution < 1.29 is 9.90 Å². The molecule has 0 fully saturated rings. The number of aliphatic carboxylic acids is 1. The maximum absolute atomic E-state index is 10.5. The molecule has 1 N–H and O–H groups in total. The third-order valence-electron chi connectivity index (χ3n) is 2.38. The summed E-state index contributed by atoms with van der Waals surface area (Å²) in [6.07, 6.45) is 3.51. The number of benzene rings is 1. The number of halogens is 1. The monoisotopic (exact) mass is 250 g/mol. The van der Waals surface area contributed by atoms with Crippen molar-refractivity contribution in [1.29, 1.82) is 0 Å². The van der Waals surface area contributed by atoms with E-state index in [1.807, 2.05) is 16.7 Å². The van der Waals surface area contributed by atoms with Crippen molar-refractivity contribution in [3.63, 3.8) is 0 Å². The van der Waals surface area contributed by atoms with Crippen LogP contribution in [0.25, 0.3) is 11.4 Å². The molecule has 2 aromatic rings. The molecule has 0 unspecified atom stereocenters. The topological polar surface area (TPSA) is 55.1 Å². The first-order valence-electron chi connectivity index (χ1n) is 5.15. The van der Waals surface area contributed by atoms with Crippen molar-refractivity contribution in [2.45, 2.75) is 13.0 Å². The molecule has 0 amide bonds. The van der Waals surface area contributed by atoms with Crippen molar-refractivity contribution in [3.05, 3.63) is 41.7 Å². The molecule has 0 aliphatic heterocycles. The fourth-order valence-corrected chi connectivity index (χ4v) is 1.69. The summed E-state index contributed by atoms with van der Waals surface area (Å²) in [5.74, 6) is -0.0660. The van der Waals surface area contributed by atoms with E-state index in [2.05, 4.69) is 4.98 Å². The third-order valence-corrected chi connectivity index (χ3v) is 2.64. The highest BCUT2D eigenvalue weighted by Crippen LogP contribution is 2.20. The van der Waals surface area contributed by atoms with Gasteiger partial charge in [0.1, 0.15) is 5.82 Å². The minimum absolute atomic E-state index is 0.0803. The lowest BCUT2D eigenvalue weighted by Gasteiger charge is -2.06. The number of rotatable bonds is 4. The lowest BCUT2D eigenvalue weighted by Crippen LogP contribution is -2.05. The normalized spacial score (nSPS) is 10.4. The SMILES string of the molecule is O=C(O)CCn1ccnc1-c1ccc(Cl)cc1. The molecule has 1 aromatic heterocycles. The van der Waals surface area contributed by atoms with E-state index in [4.69, 9.17) is 16.7 Å². The van der Waals surface area contributed by atoms with E-state index in [0.29, 0.717) is 11.6 Å². The largest absolute Gasteiger partial charge is 0.481 e. The van der Waals surface area contributed by atoms with Crippen LogP contribution >= 0.6 is 11.6 Å². The molecule has 0 atom stereocenters. The Morgan fingerprint density at radius 2 is 2.06 bits per heavy atom. The molecular formula is C12H11ClN2O2. The van der Waals surface area contributed by atoms with Crippen molar-refractivity contribution in [2.24, 2.45) is 0 Å². The predicted octanol–water partition coefficient (Wildman–Crippen LogP) is 2.68. The summed E-state index contributed by atoms with van der Waals surface area (Å²) in [4.78, 5) is 14.8. The Kier molecular flexibility index (Phi) is 3.44. The van der Waals surface area contributed by atoms with E-state index in [0.717, 1.165) is 11.4 Å². The van der Waals surface area contributed by atoms with Gasteiger partial charge in [-0.25, -0.2) is 4.98 Å². The van der Waals surface area contributed by atoms with Gasteiger partial charge in [0, 0.05) is 29.5 Å². The number of carboxylic acid groups (broad SMARTS) is 1. The third kappa shape index (κ3) is 2.85. The zero-order valence-corrected chi connectivity index (χ0v) is 9.76. The standard InChI is InChI=1S/C12H11ClN2O2/c13-10-3-1-9(2-4-10)12-14-6-8-15(12)7-5-11(16)17/h1-4,6,8H,5,7H2,(H,16,17). The van der Waals surface area contributed by atoms with Crippen molar-refractivity contribution in [2.75, 3.05) is 0 Å². The first-order chi connectivity index (χ1) is 8.16. The van der Waals surface area contributed by atoms with E-state index in [1.54, 1.807) is 24.5 Å². The van der Waals surface area contributed by atoms with Crippen LogP contribution in [0.1, 0.15) is 6.42 Å². The van der Waals surface area contributed by atoms with Gasteiger partial charge in [0.2, 0.25) is 0 Å². The molecule has 5 heteroatoms. The second kappa shape index (κ2) is 5.01. The molecule has 1 aromatic carbocycles. The van der Waals surface area contributed by atoms with Gasteiger partial charge in [0.05, 0.1) is 6.42 Å². The fourth-order valence-electron chi connectivity index (χ4n) is 1.57. The van der Waals surface area contributed by atoms with Gasteiger partial charge in [-0.15, -0.1) is 0 Å². The summed E-state index contributed by atoms with van der Waals surface area (Å²) in [6, 6.07) is 7.30. The average Bonchev–Trinajstić information content (AvgIpc) is 2.75. The zero-order chi connectivity index (χ0) is 12.3. The minimum atomic E-state index is -0.819. The Balaban J connectivity index is 2.24. The van der Waals surface area contributed by atoms with Gasteiger partial charge in [-0.3, -0.25) is 4.79 Å². The van der Waals surface area contributed by atoms with E-state index in [-0.39, 0.29) is 6.42 Å². The molecule has 4 nitrogen and oxygen atoms in total. The van der Waals surface area contributed by atoms with Crippen LogP contribution in [0.5, 0.6) is 0 Å². The van der Waals surface area contributed by atoms with Crippen LogP contribution in [-0.4, -0.2) is 20.6 Å². The maximum atomic E-state index is 10.5. The Morgan fingerprint density at radius 3 is 2.71 bits per heavy atom. The van der Waals surface area contributed by atoms with Crippen molar-refractivity contribution >= 4 is 17.6 Å². The highest BCUT2D eigenvalue weighted by Gasteiger charge is 2.07. The fraction of sp³-hybridized carbons (Fsp3) is 0.167. The highest BCUT2D eigenvalue weighted by molar-refractivity contribution is 6.30. The number of imidazole rings is 1. The molecule has 0 saturated heterocycles. The summed E-state index contributed by atoms with van der Waals surface area (Å²) >= 11 is 5.81. The minimum Gasteiger partial charge on any atom is -0.481 e. The van der Waals surface area contributed by atoms with Crippen molar-refractivity contribution in [3.8, 4) is 11.4 Å². The number of aryl methyl sites for hydroxylation is 1. The number of carbonyl (C=O) groups is 1. The van der Waals surface area contributed by atoms with Crippen LogP contribution in [0, 0.1) is 0 Å². The highest BCUT2D eigenvalue weighted by atomic mass is 35.5. The summed E-state index contributed by atoms with van der Waals surface area (Å²) in [5.41, 5.74) is 0.921. The molecule has 0 saturated carbocycles. The molecule has 1 heterocycles. The Morgan fingerprint density at radius 1 is 1.35 bits per heavy atom. The lowest BCUT2D eigenvalue weighted by molar-refractivity contribution is -0.137. The molecule has 0 aliphatic rings. The van der Waals surface area contributed by atoms with Gasteiger partial charge in [-0.2, -0.15) is 0 Å². The zero-order valence-electron chi connectivity index (χ0n) is 9.01. The average molecular weight is 251 g/mol. The van der Waals surface area contributed by atoms with Crippen LogP contribution in [0.3, 0.4) is 0 Å². The van der Waals surface area contributed by atoms with Gasteiger partial charge in [0.15, 0.2) is 0 Å². The Hall–Kier alpha value is -1.81. The lowest BCUT2D eigenvalue weighted by atomic mass is 10.2. The van der Waals surface area contributed by atoms with Crippen LogP contribution in [0.2, 0.25) is 5.02 Å². The second-order valence-electron chi connectivity index (χ2n) is 3.59. The van der Waals surface area contributed by atoms with E-state index in [9.17, 15) is 4.79 Å². The molecule has 88 valence electrons. The van der Waals surface area contributed by atoms with Crippen molar-refractivity contribution in [1.82, 2.24) is 9.55 Å². The predicted molar refractivity (Wildman–Crippen MR) is 64.9 cm³/mol. The van der Waals surface area contributed by atoms with Gasteiger partial charge in [-0.05, 0) is 24.3 Å². The van der Waals surface area contributed by atoms with Crippen LogP contribution < -0.4 is 0 Å². The van der Waals surface area contributed by atoms with Gasteiger partial charge >= 0.3 is 5.97 Å². The molecule has 0 spiro atoms. The van der Waals surface area contributed by atoms with Crippen LogP contribution in [0.15, 0.2) is 36.7 Å². The summed E-state index contributed by atoms with van der Waals surface area (Å²) < 4.78 is 1.82. The maximum Gasteiger partial charge on any atom is 0.305 e. The number of hydrogen-bond acceptors (Lipinski definition) is 2. The van der Waals surface area contributed by atoms with Crippen LogP contribution in [0.4, 0.5) is 0 Å². The van der Waals surface area contributed by atoms with E-state index < -0.39 is 5.97 Å². The van der Waals surface area contributed by atoms with E-state index >= 15 is 0 Å². The van der Waals surface area contributed by atoms with Crippen LogP contribution in [-0.2, 0) is 11.3 Å². The second-order valence-corrected chi connectivity index (χ2v) is 4.03. The quantitative estimate of drug-likeness (QED) is 0.908. The molecule has 17 heavy (non-hydrogen) atoms. The molecular weight excluding hydrogens is 240 g/mol. The number of nitrogens with zero attached hydrogens (tertiary/aromatic N) is 2. The van der Waals surface area contributed by atoms with Gasteiger partial charge in [-0.1, -0.05) is 11.6 Å². The smallest absolute Gasteiger partial charge is 0.305 e.